The zero-order chi connectivity index (χ0) is 10.7. The van der Waals surface area contributed by atoms with Crippen molar-refractivity contribution in [3.8, 4) is 6.07 Å². The molecule has 0 amide bonds. The monoisotopic (exact) mass is 190 g/mol. The van der Waals surface area contributed by atoms with Gasteiger partial charge in [0.15, 0.2) is 0 Å². The van der Waals surface area contributed by atoms with Gasteiger partial charge < -0.3 is 10.8 Å². The molecule has 4 heteroatoms. The molecule has 1 rings (SSSR count). The number of nitrogens with two attached hydrogens (primary N) is 1. The van der Waals surface area contributed by atoms with Crippen molar-refractivity contribution < 1.29 is 9.90 Å². The molecule has 0 heterocycles. The van der Waals surface area contributed by atoms with Crippen molar-refractivity contribution in [3.63, 3.8) is 0 Å². The summed E-state index contributed by atoms with van der Waals surface area (Å²) in [6.07, 6.45) is 0. The van der Waals surface area contributed by atoms with E-state index < -0.39 is 12.0 Å². The first-order valence-corrected chi connectivity index (χ1v) is 4.06. The van der Waals surface area contributed by atoms with Gasteiger partial charge in [0.05, 0.1) is 11.6 Å². The molecular weight excluding hydrogens is 180 g/mol. The van der Waals surface area contributed by atoms with E-state index in [2.05, 4.69) is 0 Å². The molecule has 0 saturated carbocycles. The van der Waals surface area contributed by atoms with E-state index in [-0.39, 0.29) is 0 Å². The lowest BCUT2D eigenvalue weighted by atomic mass is 9.96. The number of carboxylic acid groups (broad SMARTS) is 1. The topological polar surface area (TPSA) is 87.1 Å². The van der Waals surface area contributed by atoms with Crippen LogP contribution >= 0.6 is 0 Å². The molecule has 1 aromatic carbocycles. The Morgan fingerprint density at radius 2 is 2.29 bits per heavy atom. The van der Waals surface area contributed by atoms with Gasteiger partial charge in [-0.15, -0.1) is 0 Å². The maximum absolute atomic E-state index is 10.7. The van der Waals surface area contributed by atoms with E-state index in [0.29, 0.717) is 11.1 Å². The molecular formula is C10H10N2O2. The quantitative estimate of drug-likeness (QED) is 0.726. The number of hydrogen-bond acceptors (Lipinski definition) is 3. The summed E-state index contributed by atoms with van der Waals surface area (Å²) in [5.41, 5.74) is 6.90. The number of aryl methyl sites for hydroxylation is 1. The van der Waals surface area contributed by atoms with E-state index in [0.717, 1.165) is 5.56 Å². The zero-order valence-corrected chi connectivity index (χ0v) is 7.69. The first-order chi connectivity index (χ1) is 6.57. The van der Waals surface area contributed by atoms with Crippen molar-refractivity contribution in [2.24, 2.45) is 5.73 Å². The highest BCUT2D eigenvalue weighted by atomic mass is 16.4. The highest BCUT2D eigenvalue weighted by molar-refractivity contribution is 5.77. The molecule has 0 aliphatic carbocycles. The van der Waals surface area contributed by atoms with E-state index in [1.54, 1.807) is 25.1 Å². The molecule has 3 N–H and O–H groups in total. The SMILES string of the molecule is Cc1cccc(C#N)c1C(N)C(=O)O. The van der Waals surface area contributed by atoms with Crippen molar-refractivity contribution in [1.29, 1.82) is 5.26 Å². The Morgan fingerprint density at radius 1 is 1.64 bits per heavy atom. The van der Waals surface area contributed by atoms with Gasteiger partial charge in [0, 0.05) is 5.56 Å². The molecule has 4 nitrogen and oxygen atoms in total. The van der Waals surface area contributed by atoms with Crippen LogP contribution in [-0.2, 0) is 4.79 Å². The second kappa shape index (κ2) is 3.90. The summed E-state index contributed by atoms with van der Waals surface area (Å²) in [7, 11) is 0. The Balaban J connectivity index is 3.32. The Labute approximate surface area is 81.6 Å². The third-order valence-corrected chi connectivity index (χ3v) is 2.02. The smallest absolute Gasteiger partial charge is 0.325 e. The maximum atomic E-state index is 10.7. The Kier molecular flexibility index (Phi) is 2.85. The molecule has 1 aromatic rings. The van der Waals surface area contributed by atoms with Crippen molar-refractivity contribution >= 4 is 5.97 Å². The van der Waals surface area contributed by atoms with Crippen LogP contribution < -0.4 is 5.73 Å². The normalized spacial score (nSPS) is 11.8. The first kappa shape index (κ1) is 10.2. The standard InChI is InChI=1S/C10H10N2O2/c1-6-3-2-4-7(5-11)8(6)9(12)10(13)14/h2-4,9H,12H2,1H3,(H,13,14). The van der Waals surface area contributed by atoms with Crippen LogP contribution in [0.15, 0.2) is 18.2 Å². The van der Waals surface area contributed by atoms with Crippen LogP contribution in [0.5, 0.6) is 0 Å². The summed E-state index contributed by atoms with van der Waals surface area (Å²) >= 11 is 0. The van der Waals surface area contributed by atoms with Gasteiger partial charge in [0.1, 0.15) is 6.04 Å². The minimum absolute atomic E-state index is 0.319. The largest absolute Gasteiger partial charge is 0.480 e. The second-order valence-corrected chi connectivity index (χ2v) is 2.96. The minimum atomic E-state index is -1.13. The number of carboxylic acids is 1. The molecule has 0 saturated heterocycles. The lowest BCUT2D eigenvalue weighted by Crippen LogP contribution is -2.22. The third kappa shape index (κ3) is 1.73. The summed E-state index contributed by atoms with van der Waals surface area (Å²) in [5, 5.41) is 17.5. The van der Waals surface area contributed by atoms with Crippen LogP contribution in [0.1, 0.15) is 22.7 Å². The van der Waals surface area contributed by atoms with Crippen LogP contribution in [0.4, 0.5) is 0 Å². The van der Waals surface area contributed by atoms with E-state index in [1.807, 2.05) is 6.07 Å². The Bertz CT molecular complexity index is 407. The molecule has 0 radical (unpaired) electrons. The number of benzene rings is 1. The number of aliphatic carboxylic acids is 1. The van der Waals surface area contributed by atoms with Gasteiger partial charge in [0.25, 0.3) is 0 Å². The molecule has 0 spiro atoms. The molecule has 0 fully saturated rings. The fraction of sp³-hybridized carbons (Fsp3) is 0.200. The van der Waals surface area contributed by atoms with Gasteiger partial charge in [0.2, 0.25) is 0 Å². The van der Waals surface area contributed by atoms with Crippen molar-refractivity contribution in [2.75, 3.05) is 0 Å². The van der Waals surface area contributed by atoms with E-state index in [1.165, 1.54) is 0 Å². The maximum Gasteiger partial charge on any atom is 0.325 e. The highest BCUT2D eigenvalue weighted by Crippen LogP contribution is 2.20. The number of nitriles is 1. The number of carbonyl (C=O) groups is 1. The predicted molar refractivity (Wildman–Crippen MR) is 50.5 cm³/mol. The molecule has 1 atom stereocenters. The van der Waals surface area contributed by atoms with Gasteiger partial charge in [-0.1, -0.05) is 12.1 Å². The van der Waals surface area contributed by atoms with Crippen LogP contribution in [0.2, 0.25) is 0 Å². The molecule has 1 unspecified atom stereocenters. The number of rotatable bonds is 2. The van der Waals surface area contributed by atoms with Gasteiger partial charge in [-0.3, -0.25) is 4.79 Å². The summed E-state index contributed by atoms with van der Waals surface area (Å²) in [4.78, 5) is 10.7. The van der Waals surface area contributed by atoms with E-state index in [4.69, 9.17) is 16.1 Å². The number of nitrogens with zero attached hydrogens (tertiary/aromatic N) is 1. The molecule has 0 bridgehead atoms. The minimum Gasteiger partial charge on any atom is -0.480 e. The Morgan fingerprint density at radius 3 is 2.79 bits per heavy atom. The first-order valence-electron chi connectivity index (χ1n) is 4.06. The predicted octanol–water partition coefficient (Wildman–Crippen LogP) is 0.951. The molecule has 0 aromatic heterocycles. The molecule has 0 aliphatic rings. The molecule has 72 valence electrons. The van der Waals surface area contributed by atoms with Gasteiger partial charge in [-0.2, -0.15) is 5.26 Å². The molecule has 14 heavy (non-hydrogen) atoms. The summed E-state index contributed by atoms with van der Waals surface area (Å²) < 4.78 is 0. The fourth-order valence-corrected chi connectivity index (χ4v) is 1.31. The summed E-state index contributed by atoms with van der Waals surface area (Å²) in [5.74, 6) is -1.13. The van der Waals surface area contributed by atoms with Crippen LogP contribution in [0.3, 0.4) is 0 Å². The van der Waals surface area contributed by atoms with Crippen LogP contribution in [0.25, 0.3) is 0 Å². The second-order valence-electron chi connectivity index (χ2n) is 2.96. The van der Waals surface area contributed by atoms with Crippen molar-refractivity contribution in [3.05, 3.63) is 34.9 Å². The van der Waals surface area contributed by atoms with Gasteiger partial charge in [-0.05, 0) is 18.6 Å². The number of hydrogen-bond donors (Lipinski definition) is 2. The Hall–Kier alpha value is -1.86. The van der Waals surface area contributed by atoms with Gasteiger partial charge in [-0.25, -0.2) is 0 Å². The third-order valence-electron chi connectivity index (χ3n) is 2.02. The average molecular weight is 190 g/mol. The lowest BCUT2D eigenvalue weighted by Gasteiger charge is -2.11. The molecule has 0 aliphatic heterocycles. The lowest BCUT2D eigenvalue weighted by molar-refractivity contribution is -0.138. The summed E-state index contributed by atoms with van der Waals surface area (Å²) in [6.45, 7) is 1.74. The van der Waals surface area contributed by atoms with Crippen LogP contribution in [-0.4, -0.2) is 11.1 Å². The van der Waals surface area contributed by atoms with Crippen molar-refractivity contribution in [2.45, 2.75) is 13.0 Å². The van der Waals surface area contributed by atoms with E-state index >= 15 is 0 Å². The zero-order valence-electron chi connectivity index (χ0n) is 7.69. The van der Waals surface area contributed by atoms with Crippen molar-refractivity contribution in [1.82, 2.24) is 0 Å². The summed E-state index contributed by atoms with van der Waals surface area (Å²) in [6, 6.07) is 5.79. The highest BCUT2D eigenvalue weighted by Gasteiger charge is 2.19. The van der Waals surface area contributed by atoms with Gasteiger partial charge >= 0.3 is 5.97 Å². The fourth-order valence-electron chi connectivity index (χ4n) is 1.31. The van der Waals surface area contributed by atoms with Crippen LogP contribution in [0, 0.1) is 18.3 Å². The average Bonchev–Trinajstić information content (AvgIpc) is 2.16. The van der Waals surface area contributed by atoms with E-state index in [9.17, 15) is 4.79 Å².